The first-order valence-electron chi connectivity index (χ1n) is 2.83. The van der Waals surface area contributed by atoms with E-state index in [4.69, 9.17) is 5.73 Å². The highest BCUT2D eigenvalue weighted by Gasteiger charge is 2.04. The van der Waals surface area contributed by atoms with E-state index in [0.717, 1.165) is 0 Å². The molecule has 0 saturated carbocycles. The van der Waals surface area contributed by atoms with E-state index in [1.54, 1.807) is 14.1 Å². The standard InChI is InChI=1S/C5H13N3O/c1-7-5(8-2)3-4(6)9/h5,7-8H,3H2,1-2H3,(H2,6,9). The minimum Gasteiger partial charge on any atom is -0.370 e. The highest BCUT2D eigenvalue weighted by atomic mass is 16.1. The fraction of sp³-hybridized carbons (Fsp3) is 0.800. The topological polar surface area (TPSA) is 67.1 Å². The highest BCUT2D eigenvalue weighted by molar-refractivity contribution is 5.74. The Hall–Kier alpha value is -0.610. The van der Waals surface area contributed by atoms with Crippen molar-refractivity contribution in [3.8, 4) is 0 Å². The van der Waals surface area contributed by atoms with Crippen LogP contribution < -0.4 is 16.4 Å². The molecule has 0 saturated heterocycles. The molecule has 1 amide bonds. The minimum absolute atomic E-state index is 0.00231. The summed E-state index contributed by atoms with van der Waals surface area (Å²) in [6.45, 7) is 0. The van der Waals surface area contributed by atoms with Crippen molar-refractivity contribution < 1.29 is 4.79 Å². The Morgan fingerprint density at radius 3 is 2.11 bits per heavy atom. The molecular weight excluding hydrogens is 118 g/mol. The molecule has 0 unspecified atom stereocenters. The summed E-state index contributed by atoms with van der Waals surface area (Å²) in [6.07, 6.45) is 0.329. The molecule has 0 radical (unpaired) electrons. The zero-order valence-electron chi connectivity index (χ0n) is 5.77. The quantitative estimate of drug-likeness (QED) is 0.412. The van der Waals surface area contributed by atoms with E-state index in [0.29, 0.717) is 6.42 Å². The summed E-state index contributed by atoms with van der Waals surface area (Å²) in [5, 5.41) is 5.74. The van der Waals surface area contributed by atoms with Crippen LogP contribution in [0.4, 0.5) is 0 Å². The molecular formula is C5H13N3O. The van der Waals surface area contributed by atoms with Crippen LogP contribution in [0, 0.1) is 0 Å². The number of carbonyl (C=O) groups excluding carboxylic acids is 1. The molecule has 0 aromatic heterocycles. The second-order valence-electron chi connectivity index (χ2n) is 1.80. The van der Waals surface area contributed by atoms with Gasteiger partial charge in [-0.3, -0.25) is 4.79 Å². The molecule has 0 aliphatic carbocycles. The Bertz CT molecular complexity index is 90.2. The third kappa shape index (κ3) is 3.93. The summed E-state index contributed by atoms with van der Waals surface area (Å²) >= 11 is 0. The number of nitrogens with two attached hydrogens (primary N) is 1. The zero-order valence-corrected chi connectivity index (χ0v) is 5.77. The minimum atomic E-state index is -0.302. The Labute approximate surface area is 54.8 Å². The third-order valence-corrected chi connectivity index (χ3v) is 1.10. The zero-order chi connectivity index (χ0) is 7.28. The number of hydrogen-bond donors (Lipinski definition) is 3. The number of nitrogens with one attached hydrogen (secondary N) is 2. The van der Waals surface area contributed by atoms with Crippen molar-refractivity contribution in [2.24, 2.45) is 5.73 Å². The average Bonchev–Trinajstić information content (AvgIpc) is 1.82. The third-order valence-electron chi connectivity index (χ3n) is 1.10. The van der Waals surface area contributed by atoms with E-state index >= 15 is 0 Å². The van der Waals surface area contributed by atoms with Crippen LogP contribution in [0.25, 0.3) is 0 Å². The first kappa shape index (κ1) is 8.39. The lowest BCUT2D eigenvalue weighted by Gasteiger charge is -2.11. The van der Waals surface area contributed by atoms with Gasteiger partial charge in [0.05, 0.1) is 12.6 Å². The van der Waals surface area contributed by atoms with E-state index in [2.05, 4.69) is 10.6 Å². The van der Waals surface area contributed by atoms with Crippen molar-refractivity contribution >= 4 is 5.91 Å². The van der Waals surface area contributed by atoms with E-state index in [9.17, 15) is 4.79 Å². The maximum absolute atomic E-state index is 10.3. The predicted molar refractivity (Wildman–Crippen MR) is 35.7 cm³/mol. The van der Waals surface area contributed by atoms with Crippen molar-refractivity contribution in [1.29, 1.82) is 0 Å². The van der Waals surface area contributed by atoms with Gasteiger partial charge in [-0.25, -0.2) is 0 Å². The molecule has 54 valence electrons. The van der Waals surface area contributed by atoms with Gasteiger partial charge in [-0.1, -0.05) is 0 Å². The first-order chi connectivity index (χ1) is 4.20. The van der Waals surface area contributed by atoms with Crippen LogP contribution in [0.2, 0.25) is 0 Å². The van der Waals surface area contributed by atoms with Gasteiger partial charge in [0.2, 0.25) is 5.91 Å². The van der Waals surface area contributed by atoms with Gasteiger partial charge in [0, 0.05) is 0 Å². The Morgan fingerprint density at radius 2 is 2.00 bits per heavy atom. The number of primary amides is 1. The molecule has 0 aliphatic rings. The molecule has 0 bridgehead atoms. The summed E-state index contributed by atoms with van der Waals surface area (Å²) in [7, 11) is 3.54. The van der Waals surface area contributed by atoms with Gasteiger partial charge < -0.3 is 16.4 Å². The summed E-state index contributed by atoms with van der Waals surface area (Å²) in [5.41, 5.74) is 4.93. The molecule has 9 heavy (non-hydrogen) atoms. The van der Waals surface area contributed by atoms with Gasteiger partial charge in [-0.2, -0.15) is 0 Å². The lowest BCUT2D eigenvalue weighted by Crippen LogP contribution is -2.40. The summed E-state index contributed by atoms with van der Waals surface area (Å²) in [5.74, 6) is -0.302. The Morgan fingerprint density at radius 1 is 1.56 bits per heavy atom. The normalized spacial score (nSPS) is 10.1. The monoisotopic (exact) mass is 131 g/mol. The molecule has 0 heterocycles. The molecule has 0 fully saturated rings. The maximum atomic E-state index is 10.3. The largest absolute Gasteiger partial charge is 0.370 e. The van der Waals surface area contributed by atoms with E-state index in [1.807, 2.05) is 0 Å². The van der Waals surface area contributed by atoms with Crippen molar-refractivity contribution in [1.82, 2.24) is 10.6 Å². The van der Waals surface area contributed by atoms with Gasteiger partial charge in [-0.15, -0.1) is 0 Å². The highest BCUT2D eigenvalue weighted by Crippen LogP contribution is 1.81. The van der Waals surface area contributed by atoms with Crippen molar-refractivity contribution in [3.63, 3.8) is 0 Å². The molecule has 0 rings (SSSR count). The number of rotatable bonds is 4. The van der Waals surface area contributed by atoms with Crippen molar-refractivity contribution in [2.75, 3.05) is 14.1 Å². The van der Waals surface area contributed by atoms with Crippen LogP contribution in [-0.2, 0) is 4.79 Å². The lowest BCUT2D eigenvalue weighted by atomic mass is 10.3. The van der Waals surface area contributed by atoms with Gasteiger partial charge in [0.25, 0.3) is 0 Å². The molecule has 4 nitrogen and oxygen atoms in total. The molecule has 0 aromatic rings. The van der Waals surface area contributed by atoms with Crippen LogP contribution in [0.5, 0.6) is 0 Å². The molecule has 4 heteroatoms. The van der Waals surface area contributed by atoms with E-state index < -0.39 is 0 Å². The van der Waals surface area contributed by atoms with Gasteiger partial charge >= 0.3 is 0 Å². The second-order valence-corrected chi connectivity index (χ2v) is 1.80. The van der Waals surface area contributed by atoms with Crippen LogP contribution >= 0.6 is 0 Å². The van der Waals surface area contributed by atoms with Gasteiger partial charge in [-0.05, 0) is 14.1 Å². The molecule has 0 aliphatic heterocycles. The lowest BCUT2D eigenvalue weighted by molar-refractivity contribution is -0.118. The maximum Gasteiger partial charge on any atom is 0.220 e. The summed E-state index contributed by atoms with van der Waals surface area (Å²) < 4.78 is 0. The molecule has 4 N–H and O–H groups in total. The smallest absolute Gasteiger partial charge is 0.220 e. The number of carbonyl (C=O) groups is 1. The Kier molecular flexibility index (Phi) is 4.00. The van der Waals surface area contributed by atoms with E-state index in [-0.39, 0.29) is 12.1 Å². The molecule has 0 aromatic carbocycles. The SMILES string of the molecule is CNC(CC(N)=O)NC. The van der Waals surface area contributed by atoms with Crippen LogP contribution in [-0.4, -0.2) is 26.2 Å². The second kappa shape index (κ2) is 4.29. The van der Waals surface area contributed by atoms with Gasteiger partial charge in [0.15, 0.2) is 0 Å². The van der Waals surface area contributed by atoms with Crippen molar-refractivity contribution in [3.05, 3.63) is 0 Å². The van der Waals surface area contributed by atoms with Crippen LogP contribution in [0.15, 0.2) is 0 Å². The molecule has 0 atom stereocenters. The number of amides is 1. The summed E-state index contributed by atoms with van der Waals surface area (Å²) in [4.78, 5) is 10.3. The average molecular weight is 131 g/mol. The fourth-order valence-corrected chi connectivity index (χ4v) is 0.550. The fourth-order valence-electron chi connectivity index (χ4n) is 0.550. The predicted octanol–water partition coefficient (Wildman–Crippen LogP) is -1.37. The Balaban J connectivity index is 3.43. The van der Waals surface area contributed by atoms with Gasteiger partial charge in [0.1, 0.15) is 0 Å². The number of hydrogen-bond acceptors (Lipinski definition) is 3. The van der Waals surface area contributed by atoms with E-state index in [1.165, 1.54) is 0 Å². The summed E-state index contributed by atoms with van der Waals surface area (Å²) in [6, 6.07) is 0. The first-order valence-corrected chi connectivity index (χ1v) is 2.83. The molecule has 0 spiro atoms. The van der Waals surface area contributed by atoms with Crippen molar-refractivity contribution in [2.45, 2.75) is 12.6 Å². The van der Waals surface area contributed by atoms with Crippen LogP contribution in [0.3, 0.4) is 0 Å². The van der Waals surface area contributed by atoms with Crippen LogP contribution in [0.1, 0.15) is 6.42 Å².